The minimum absolute atomic E-state index is 0.281. The number of primary amides is 1. The molecule has 0 bridgehead atoms. The molecule has 0 aliphatic carbocycles. The van der Waals surface area contributed by atoms with Crippen LogP contribution in [0.1, 0.15) is 11.1 Å². The van der Waals surface area contributed by atoms with Gasteiger partial charge in [0, 0.05) is 5.57 Å². The maximum Gasteiger partial charge on any atom is 0.248 e. The first-order valence-corrected chi connectivity index (χ1v) is 10.1. The third-order valence-corrected chi connectivity index (χ3v) is 5.14. The van der Waals surface area contributed by atoms with Crippen molar-refractivity contribution >= 4 is 11.5 Å². The van der Waals surface area contributed by atoms with Crippen LogP contribution in [0.2, 0.25) is 0 Å². The van der Waals surface area contributed by atoms with Gasteiger partial charge < -0.3 is 10.5 Å². The number of benzene rings is 4. The van der Waals surface area contributed by atoms with E-state index in [9.17, 15) is 4.79 Å². The molecule has 3 nitrogen and oxygen atoms in total. The molecular formula is C28H23NO2. The molecule has 4 aromatic rings. The van der Waals surface area contributed by atoms with Gasteiger partial charge in [-0.05, 0) is 51.6 Å². The van der Waals surface area contributed by atoms with Gasteiger partial charge in [0.15, 0.2) is 0 Å². The molecular weight excluding hydrogens is 382 g/mol. The van der Waals surface area contributed by atoms with Gasteiger partial charge in [0.05, 0.1) is 0 Å². The van der Waals surface area contributed by atoms with E-state index in [0.29, 0.717) is 12.2 Å². The number of carbonyl (C=O) groups is 1. The fourth-order valence-corrected chi connectivity index (χ4v) is 3.48. The molecule has 0 heterocycles. The highest BCUT2D eigenvalue weighted by Gasteiger charge is 2.14. The van der Waals surface area contributed by atoms with E-state index in [4.69, 9.17) is 10.5 Å². The van der Waals surface area contributed by atoms with E-state index in [-0.39, 0.29) is 5.57 Å². The minimum atomic E-state index is -0.539. The monoisotopic (exact) mass is 405 g/mol. The summed E-state index contributed by atoms with van der Waals surface area (Å²) in [6.45, 7) is 4.42. The lowest BCUT2D eigenvalue weighted by Crippen LogP contribution is -2.12. The summed E-state index contributed by atoms with van der Waals surface area (Å²) in [4.78, 5) is 12.0. The maximum atomic E-state index is 12.0. The van der Waals surface area contributed by atoms with Crippen LogP contribution in [0, 0.1) is 0 Å². The van der Waals surface area contributed by atoms with Crippen LogP contribution < -0.4 is 10.5 Å². The summed E-state index contributed by atoms with van der Waals surface area (Å²) in [7, 11) is 0. The standard InChI is InChI=1S/C28H23NO2/c1-20(28(29)30)27-18-23(22-11-6-3-7-12-22)15-16-26(27)24-13-8-14-25(17-24)31-19-21-9-4-2-5-10-21/h2-18H,1,19H2,(H2,29,30). The molecule has 0 aliphatic rings. The Morgan fingerprint density at radius 1 is 0.742 bits per heavy atom. The molecule has 152 valence electrons. The van der Waals surface area contributed by atoms with Gasteiger partial charge in [-0.3, -0.25) is 4.79 Å². The van der Waals surface area contributed by atoms with Gasteiger partial charge in [-0.25, -0.2) is 0 Å². The molecule has 0 spiro atoms. The Morgan fingerprint density at radius 3 is 2.13 bits per heavy atom. The zero-order valence-electron chi connectivity index (χ0n) is 17.1. The molecule has 0 atom stereocenters. The second kappa shape index (κ2) is 9.14. The van der Waals surface area contributed by atoms with Gasteiger partial charge in [-0.15, -0.1) is 0 Å². The van der Waals surface area contributed by atoms with Crippen molar-refractivity contribution in [3.63, 3.8) is 0 Å². The number of hydrogen-bond donors (Lipinski definition) is 1. The number of hydrogen-bond acceptors (Lipinski definition) is 2. The van der Waals surface area contributed by atoms with Crippen molar-refractivity contribution in [2.75, 3.05) is 0 Å². The van der Waals surface area contributed by atoms with E-state index in [1.165, 1.54) is 0 Å². The average molecular weight is 405 g/mol. The maximum absolute atomic E-state index is 12.0. The summed E-state index contributed by atoms with van der Waals surface area (Å²) in [6, 6.07) is 33.9. The molecule has 3 heteroatoms. The Kier molecular flexibility index (Phi) is 5.95. The summed E-state index contributed by atoms with van der Waals surface area (Å²) >= 11 is 0. The van der Waals surface area contributed by atoms with E-state index in [1.54, 1.807) is 0 Å². The highest BCUT2D eigenvalue weighted by Crippen LogP contribution is 2.34. The van der Waals surface area contributed by atoms with Crippen LogP contribution >= 0.6 is 0 Å². The second-order valence-electron chi connectivity index (χ2n) is 7.27. The molecule has 0 aliphatic heterocycles. The molecule has 1 amide bonds. The van der Waals surface area contributed by atoms with Crippen molar-refractivity contribution in [2.45, 2.75) is 6.61 Å². The smallest absolute Gasteiger partial charge is 0.248 e. The van der Waals surface area contributed by atoms with Gasteiger partial charge in [0.1, 0.15) is 12.4 Å². The summed E-state index contributed by atoms with van der Waals surface area (Å²) in [6.07, 6.45) is 0. The number of rotatable bonds is 7. The number of carbonyl (C=O) groups excluding carboxylic acids is 1. The largest absolute Gasteiger partial charge is 0.489 e. The molecule has 0 unspecified atom stereocenters. The Bertz CT molecular complexity index is 1210. The lowest BCUT2D eigenvalue weighted by Gasteiger charge is -2.14. The van der Waals surface area contributed by atoms with Crippen LogP contribution in [0.3, 0.4) is 0 Å². The van der Waals surface area contributed by atoms with Crippen molar-refractivity contribution < 1.29 is 9.53 Å². The van der Waals surface area contributed by atoms with Crippen LogP contribution in [0.5, 0.6) is 5.75 Å². The van der Waals surface area contributed by atoms with E-state index < -0.39 is 5.91 Å². The number of ether oxygens (including phenoxy) is 1. The number of nitrogens with two attached hydrogens (primary N) is 1. The quantitative estimate of drug-likeness (QED) is 0.378. The molecule has 31 heavy (non-hydrogen) atoms. The number of amides is 1. The first kappa shape index (κ1) is 20.2. The van der Waals surface area contributed by atoms with E-state index >= 15 is 0 Å². The highest BCUT2D eigenvalue weighted by molar-refractivity contribution is 6.19. The van der Waals surface area contributed by atoms with Gasteiger partial charge in [0.2, 0.25) is 5.91 Å². The van der Waals surface area contributed by atoms with Crippen LogP contribution in [0.25, 0.3) is 27.8 Å². The summed E-state index contributed by atoms with van der Waals surface area (Å²) in [5.74, 6) is 0.215. The molecule has 4 rings (SSSR count). The van der Waals surface area contributed by atoms with Gasteiger partial charge in [-0.2, -0.15) is 0 Å². The zero-order chi connectivity index (χ0) is 21.6. The Hall–Kier alpha value is -4.11. The topological polar surface area (TPSA) is 52.3 Å². The second-order valence-corrected chi connectivity index (χ2v) is 7.27. The minimum Gasteiger partial charge on any atom is -0.489 e. The van der Waals surface area contributed by atoms with E-state index in [2.05, 4.69) is 6.58 Å². The van der Waals surface area contributed by atoms with Crippen LogP contribution in [-0.4, -0.2) is 5.91 Å². The average Bonchev–Trinajstić information content (AvgIpc) is 2.83. The van der Waals surface area contributed by atoms with Crippen LogP contribution in [-0.2, 0) is 11.4 Å². The lowest BCUT2D eigenvalue weighted by atomic mass is 9.91. The summed E-state index contributed by atoms with van der Waals surface area (Å²) in [5, 5.41) is 0. The summed E-state index contributed by atoms with van der Waals surface area (Å²) < 4.78 is 5.98. The first-order valence-electron chi connectivity index (χ1n) is 10.1. The Balaban J connectivity index is 1.69. The molecule has 0 radical (unpaired) electrons. The molecule has 0 saturated heterocycles. The SMILES string of the molecule is C=C(C(N)=O)c1cc(-c2ccccc2)ccc1-c1cccc(OCc2ccccc2)c1. The molecule has 0 fully saturated rings. The van der Waals surface area contributed by atoms with Crippen molar-refractivity contribution in [3.05, 3.63) is 121 Å². The summed E-state index contributed by atoms with van der Waals surface area (Å²) in [5.41, 5.74) is 11.6. The highest BCUT2D eigenvalue weighted by atomic mass is 16.5. The predicted molar refractivity (Wildman–Crippen MR) is 126 cm³/mol. The van der Waals surface area contributed by atoms with Crippen LogP contribution in [0.15, 0.2) is 110 Å². The van der Waals surface area contributed by atoms with Crippen molar-refractivity contribution in [2.24, 2.45) is 5.73 Å². The molecule has 0 aromatic heterocycles. The van der Waals surface area contributed by atoms with Crippen molar-refractivity contribution in [1.82, 2.24) is 0 Å². The fourth-order valence-electron chi connectivity index (χ4n) is 3.48. The van der Waals surface area contributed by atoms with E-state index in [1.807, 2.05) is 103 Å². The van der Waals surface area contributed by atoms with Crippen molar-refractivity contribution in [1.29, 1.82) is 0 Å². The third kappa shape index (κ3) is 4.73. The van der Waals surface area contributed by atoms with Gasteiger partial charge in [-0.1, -0.05) is 91.5 Å². The van der Waals surface area contributed by atoms with Gasteiger partial charge >= 0.3 is 0 Å². The molecule has 4 aromatic carbocycles. The zero-order valence-corrected chi connectivity index (χ0v) is 17.1. The Labute approximate surface area is 182 Å². The van der Waals surface area contributed by atoms with Crippen LogP contribution in [0.4, 0.5) is 0 Å². The van der Waals surface area contributed by atoms with E-state index in [0.717, 1.165) is 33.6 Å². The lowest BCUT2D eigenvalue weighted by molar-refractivity contribution is -0.112. The van der Waals surface area contributed by atoms with Crippen molar-refractivity contribution in [3.8, 4) is 28.0 Å². The normalized spacial score (nSPS) is 10.5. The predicted octanol–water partition coefficient (Wildman–Crippen LogP) is 6.10. The third-order valence-electron chi connectivity index (χ3n) is 5.14. The Morgan fingerprint density at radius 2 is 1.42 bits per heavy atom. The molecule has 2 N–H and O–H groups in total. The first-order chi connectivity index (χ1) is 15.1. The van der Waals surface area contributed by atoms with Gasteiger partial charge in [0.25, 0.3) is 0 Å². The molecule has 0 saturated carbocycles. The fraction of sp³-hybridized carbons (Fsp3) is 0.0357.